The van der Waals surface area contributed by atoms with Gasteiger partial charge >= 0.3 is 0 Å². The summed E-state index contributed by atoms with van der Waals surface area (Å²) in [6.07, 6.45) is 4.30. The van der Waals surface area contributed by atoms with E-state index in [0.717, 1.165) is 31.0 Å². The van der Waals surface area contributed by atoms with Crippen LogP contribution in [0.4, 0.5) is 0 Å². The molecular weight excluding hydrogens is 192 g/mol. The molecule has 2 aromatic rings. The number of rotatable bonds is 5. The smallest absolute Gasteiger partial charge is 0.151 e. The second-order valence-electron chi connectivity index (χ2n) is 3.34. The maximum atomic E-state index is 4.19. The van der Waals surface area contributed by atoms with Crippen LogP contribution in [0.2, 0.25) is 0 Å². The topological polar surface area (TPSA) is 71.4 Å². The van der Waals surface area contributed by atoms with Crippen LogP contribution in [0.1, 0.15) is 11.5 Å². The summed E-state index contributed by atoms with van der Waals surface area (Å²) in [4.78, 5) is 4.14. The molecule has 0 atom stereocenters. The molecule has 80 valence electrons. The summed E-state index contributed by atoms with van der Waals surface area (Å²) in [5.41, 5.74) is 1.09. The molecule has 6 nitrogen and oxygen atoms in total. The summed E-state index contributed by atoms with van der Waals surface area (Å²) >= 11 is 0. The van der Waals surface area contributed by atoms with Crippen molar-refractivity contribution in [3.8, 4) is 0 Å². The zero-order valence-corrected chi connectivity index (χ0v) is 8.64. The number of aromatic nitrogens is 5. The van der Waals surface area contributed by atoms with E-state index in [1.54, 1.807) is 17.2 Å². The SMILES string of the molecule is Cn1cnc(CCNCc2ccn[nH]2)n1. The molecule has 2 aromatic heterocycles. The van der Waals surface area contributed by atoms with Crippen molar-refractivity contribution in [2.45, 2.75) is 13.0 Å². The molecule has 0 radical (unpaired) electrons. The van der Waals surface area contributed by atoms with E-state index in [1.165, 1.54) is 0 Å². The lowest BCUT2D eigenvalue weighted by molar-refractivity contribution is 0.651. The van der Waals surface area contributed by atoms with E-state index in [4.69, 9.17) is 0 Å². The predicted molar refractivity (Wildman–Crippen MR) is 55.0 cm³/mol. The van der Waals surface area contributed by atoms with Gasteiger partial charge in [-0.3, -0.25) is 9.78 Å². The van der Waals surface area contributed by atoms with Gasteiger partial charge in [-0.05, 0) is 6.07 Å². The second-order valence-corrected chi connectivity index (χ2v) is 3.34. The summed E-state index contributed by atoms with van der Waals surface area (Å²) in [6.45, 7) is 1.66. The highest BCUT2D eigenvalue weighted by Crippen LogP contribution is 1.91. The third-order valence-corrected chi connectivity index (χ3v) is 2.05. The molecule has 0 aliphatic carbocycles. The van der Waals surface area contributed by atoms with Crippen molar-refractivity contribution < 1.29 is 0 Å². The van der Waals surface area contributed by atoms with Crippen LogP contribution in [0.5, 0.6) is 0 Å². The summed E-state index contributed by atoms with van der Waals surface area (Å²) in [7, 11) is 1.87. The third-order valence-electron chi connectivity index (χ3n) is 2.05. The van der Waals surface area contributed by atoms with Crippen molar-refractivity contribution in [2.75, 3.05) is 6.54 Å². The average molecular weight is 206 g/mol. The molecule has 0 bridgehead atoms. The minimum Gasteiger partial charge on any atom is -0.311 e. The van der Waals surface area contributed by atoms with E-state index in [-0.39, 0.29) is 0 Å². The van der Waals surface area contributed by atoms with Gasteiger partial charge in [-0.2, -0.15) is 10.2 Å². The van der Waals surface area contributed by atoms with Crippen LogP contribution in [0.3, 0.4) is 0 Å². The molecule has 0 amide bonds. The lowest BCUT2D eigenvalue weighted by atomic mass is 10.4. The number of aromatic amines is 1. The molecule has 15 heavy (non-hydrogen) atoms. The molecule has 0 spiro atoms. The van der Waals surface area contributed by atoms with E-state index in [9.17, 15) is 0 Å². The minimum atomic E-state index is 0.798. The summed E-state index contributed by atoms with van der Waals surface area (Å²) in [5.74, 6) is 0.870. The zero-order valence-electron chi connectivity index (χ0n) is 8.64. The molecule has 6 heteroatoms. The van der Waals surface area contributed by atoms with Crippen molar-refractivity contribution in [3.05, 3.63) is 30.1 Å². The van der Waals surface area contributed by atoms with Crippen LogP contribution in [0.15, 0.2) is 18.6 Å². The maximum Gasteiger partial charge on any atom is 0.151 e. The standard InChI is InChI=1S/C9H14N6/c1-15-7-11-9(14-15)3-4-10-6-8-2-5-12-13-8/h2,5,7,10H,3-4,6H2,1H3,(H,12,13). The van der Waals surface area contributed by atoms with Crippen LogP contribution in [0.25, 0.3) is 0 Å². The molecule has 2 rings (SSSR count). The van der Waals surface area contributed by atoms with Gasteiger partial charge in [0.2, 0.25) is 0 Å². The fraction of sp³-hybridized carbons (Fsp3) is 0.444. The van der Waals surface area contributed by atoms with Gasteiger partial charge in [0.05, 0.1) is 0 Å². The van der Waals surface area contributed by atoms with Gasteiger partial charge in [0.15, 0.2) is 5.82 Å². The number of aryl methyl sites for hydroxylation is 1. The van der Waals surface area contributed by atoms with Crippen molar-refractivity contribution >= 4 is 0 Å². The van der Waals surface area contributed by atoms with Gasteiger partial charge in [0, 0.05) is 38.4 Å². The van der Waals surface area contributed by atoms with E-state index in [2.05, 4.69) is 25.6 Å². The molecule has 0 saturated carbocycles. The quantitative estimate of drug-likeness (QED) is 0.668. The molecular formula is C9H14N6. The Morgan fingerprint density at radius 1 is 1.53 bits per heavy atom. The number of hydrogen-bond donors (Lipinski definition) is 2. The highest BCUT2D eigenvalue weighted by Gasteiger charge is 1.98. The summed E-state index contributed by atoms with van der Waals surface area (Å²) in [5, 5.41) is 14.2. The first-order valence-electron chi connectivity index (χ1n) is 4.88. The maximum absolute atomic E-state index is 4.19. The highest BCUT2D eigenvalue weighted by atomic mass is 15.3. The lowest BCUT2D eigenvalue weighted by Crippen LogP contribution is -2.17. The summed E-state index contributed by atoms with van der Waals surface area (Å²) in [6, 6.07) is 1.95. The Morgan fingerprint density at radius 3 is 3.13 bits per heavy atom. The van der Waals surface area contributed by atoms with Gasteiger partial charge in [-0.15, -0.1) is 0 Å². The number of H-pyrrole nitrogens is 1. The molecule has 0 saturated heterocycles. The molecule has 0 unspecified atom stereocenters. The molecule has 0 aliphatic rings. The highest BCUT2D eigenvalue weighted by molar-refractivity contribution is 4.96. The zero-order chi connectivity index (χ0) is 10.5. The number of hydrogen-bond acceptors (Lipinski definition) is 4. The van der Waals surface area contributed by atoms with Gasteiger partial charge in [-0.1, -0.05) is 0 Å². The van der Waals surface area contributed by atoms with Crippen LogP contribution >= 0.6 is 0 Å². The van der Waals surface area contributed by atoms with E-state index in [1.807, 2.05) is 13.1 Å². The van der Waals surface area contributed by atoms with Crippen molar-refractivity contribution in [3.63, 3.8) is 0 Å². The fourth-order valence-electron chi connectivity index (χ4n) is 1.30. The Bertz CT molecular complexity index is 390. The largest absolute Gasteiger partial charge is 0.311 e. The van der Waals surface area contributed by atoms with Crippen LogP contribution < -0.4 is 5.32 Å². The Hall–Kier alpha value is -1.69. The lowest BCUT2D eigenvalue weighted by Gasteiger charge is -1.99. The van der Waals surface area contributed by atoms with Gasteiger partial charge in [0.25, 0.3) is 0 Å². The minimum absolute atomic E-state index is 0.798. The van der Waals surface area contributed by atoms with Gasteiger partial charge in [-0.25, -0.2) is 4.98 Å². The van der Waals surface area contributed by atoms with Crippen molar-refractivity contribution in [1.29, 1.82) is 0 Å². The third kappa shape index (κ3) is 2.88. The first kappa shape index (κ1) is 9.85. The fourth-order valence-corrected chi connectivity index (χ4v) is 1.30. The van der Waals surface area contributed by atoms with Crippen LogP contribution in [-0.2, 0) is 20.0 Å². The Balaban J connectivity index is 1.67. The van der Waals surface area contributed by atoms with Gasteiger partial charge < -0.3 is 5.32 Å². The van der Waals surface area contributed by atoms with E-state index >= 15 is 0 Å². The van der Waals surface area contributed by atoms with E-state index < -0.39 is 0 Å². The second kappa shape index (κ2) is 4.70. The normalized spacial score (nSPS) is 10.7. The summed E-state index contributed by atoms with van der Waals surface area (Å²) < 4.78 is 1.71. The molecule has 2 N–H and O–H groups in total. The molecule has 2 heterocycles. The van der Waals surface area contributed by atoms with E-state index in [0.29, 0.717) is 0 Å². The first-order valence-corrected chi connectivity index (χ1v) is 4.88. The number of nitrogens with zero attached hydrogens (tertiary/aromatic N) is 4. The Labute approximate surface area is 87.7 Å². The monoisotopic (exact) mass is 206 g/mol. The predicted octanol–water partition coefficient (Wildman–Crippen LogP) is -0.130. The molecule has 0 aromatic carbocycles. The van der Waals surface area contributed by atoms with Crippen molar-refractivity contribution in [1.82, 2.24) is 30.3 Å². The van der Waals surface area contributed by atoms with Crippen LogP contribution in [-0.4, -0.2) is 31.5 Å². The average Bonchev–Trinajstić information content (AvgIpc) is 2.84. The van der Waals surface area contributed by atoms with Gasteiger partial charge in [0.1, 0.15) is 6.33 Å². The Morgan fingerprint density at radius 2 is 2.47 bits per heavy atom. The first-order chi connectivity index (χ1) is 7.34. The molecule has 0 fully saturated rings. The number of nitrogens with one attached hydrogen (secondary N) is 2. The molecule has 0 aliphatic heterocycles. The van der Waals surface area contributed by atoms with Crippen molar-refractivity contribution in [2.24, 2.45) is 7.05 Å². The Kier molecular flexibility index (Phi) is 3.08. The van der Waals surface area contributed by atoms with Crippen LogP contribution in [0, 0.1) is 0 Å².